The van der Waals surface area contributed by atoms with E-state index in [4.69, 9.17) is 9.47 Å². The van der Waals surface area contributed by atoms with Crippen LogP contribution in [0.5, 0.6) is 11.5 Å². The van der Waals surface area contributed by atoms with Crippen molar-refractivity contribution in [3.05, 3.63) is 36.7 Å². The largest absolute Gasteiger partial charge is 0.490 e. The summed E-state index contributed by atoms with van der Waals surface area (Å²) in [6.45, 7) is 3.33. The Bertz CT molecular complexity index is 759. The molecular weight excluding hydrogens is 318 g/mol. The summed E-state index contributed by atoms with van der Waals surface area (Å²) in [6.07, 6.45) is 4.22. The van der Waals surface area contributed by atoms with E-state index in [2.05, 4.69) is 9.82 Å². The highest BCUT2D eigenvalue weighted by Crippen LogP contribution is 2.31. The monoisotopic (exact) mass is 337 g/mol. The molecule has 1 N–H and O–H groups in total. The second-order valence-electron chi connectivity index (χ2n) is 5.41. The van der Waals surface area contributed by atoms with Crippen molar-refractivity contribution >= 4 is 10.0 Å². The van der Waals surface area contributed by atoms with Crippen LogP contribution < -0.4 is 14.2 Å². The van der Waals surface area contributed by atoms with Crippen LogP contribution in [0.1, 0.15) is 13.3 Å². The van der Waals surface area contributed by atoms with Crippen molar-refractivity contribution in [2.45, 2.75) is 30.8 Å². The fraction of sp³-hybridized carbons (Fsp3) is 0.400. The van der Waals surface area contributed by atoms with Crippen molar-refractivity contribution in [3.63, 3.8) is 0 Å². The van der Waals surface area contributed by atoms with Gasteiger partial charge in [-0.1, -0.05) is 0 Å². The van der Waals surface area contributed by atoms with E-state index in [-0.39, 0.29) is 10.9 Å². The summed E-state index contributed by atoms with van der Waals surface area (Å²) < 4.78 is 40.4. The molecule has 124 valence electrons. The lowest BCUT2D eigenvalue weighted by Gasteiger charge is -2.15. The van der Waals surface area contributed by atoms with Gasteiger partial charge in [0.15, 0.2) is 11.5 Å². The van der Waals surface area contributed by atoms with E-state index in [9.17, 15) is 8.42 Å². The first-order valence-electron chi connectivity index (χ1n) is 7.44. The molecule has 7 nitrogen and oxygen atoms in total. The second kappa shape index (κ2) is 6.59. The van der Waals surface area contributed by atoms with Crippen molar-refractivity contribution < 1.29 is 17.9 Å². The first-order chi connectivity index (χ1) is 11.0. The summed E-state index contributed by atoms with van der Waals surface area (Å²) in [7, 11) is -3.63. The highest BCUT2D eigenvalue weighted by atomic mass is 32.2. The molecular formula is C15H19N3O4S. The molecule has 0 amide bonds. The lowest BCUT2D eigenvalue weighted by molar-refractivity contribution is 0.297. The van der Waals surface area contributed by atoms with Crippen LogP contribution in [0.3, 0.4) is 0 Å². The van der Waals surface area contributed by atoms with Gasteiger partial charge in [0.1, 0.15) is 0 Å². The van der Waals surface area contributed by atoms with Crippen LogP contribution in [0.2, 0.25) is 0 Å². The van der Waals surface area contributed by atoms with E-state index < -0.39 is 10.0 Å². The van der Waals surface area contributed by atoms with Crippen molar-refractivity contribution in [2.75, 3.05) is 13.2 Å². The SMILES string of the molecule is C[C@@H](Cn1cccn1)NS(=O)(=O)c1ccc2c(c1)OCCCO2. The Labute approximate surface area is 135 Å². The van der Waals surface area contributed by atoms with Gasteiger partial charge in [-0.05, 0) is 25.1 Å². The fourth-order valence-corrected chi connectivity index (χ4v) is 3.62. The van der Waals surface area contributed by atoms with E-state index >= 15 is 0 Å². The van der Waals surface area contributed by atoms with E-state index in [1.807, 2.05) is 0 Å². The van der Waals surface area contributed by atoms with Crippen LogP contribution in [0.4, 0.5) is 0 Å². The molecule has 1 aliphatic rings. The Kier molecular flexibility index (Phi) is 4.53. The number of sulfonamides is 1. The van der Waals surface area contributed by atoms with Crippen molar-refractivity contribution in [2.24, 2.45) is 0 Å². The standard InChI is InChI=1S/C15H19N3O4S/c1-12(11-18-7-2-6-16-18)17-23(19,20)13-4-5-14-15(10-13)22-9-3-8-21-14/h2,4-7,10,12,17H,3,8-9,11H2,1H3/t12-/m0/s1. The molecule has 0 unspecified atom stereocenters. The summed E-state index contributed by atoms with van der Waals surface area (Å²) in [5.41, 5.74) is 0. The predicted molar refractivity (Wildman–Crippen MR) is 84.1 cm³/mol. The number of aromatic nitrogens is 2. The van der Waals surface area contributed by atoms with Crippen LogP contribution in [-0.4, -0.2) is 37.5 Å². The van der Waals surface area contributed by atoms with Crippen LogP contribution >= 0.6 is 0 Å². The first-order valence-corrected chi connectivity index (χ1v) is 8.92. The average Bonchev–Trinajstić information content (AvgIpc) is 2.88. The van der Waals surface area contributed by atoms with Crippen molar-refractivity contribution in [3.8, 4) is 11.5 Å². The second-order valence-corrected chi connectivity index (χ2v) is 7.12. The number of fused-ring (bicyclic) bond motifs is 1. The molecule has 3 rings (SSSR count). The minimum Gasteiger partial charge on any atom is -0.490 e. The van der Waals surface area contributed by atoms with Gasteiger partial charge in [0.05, 0.1) is 24.7 Å². The molecule has 8 heteroatoms. The maximum atomic E-state index is 12.5. The number of hydrogen-bond acceptors (Lipinski definition) is 5. The quantitative estimate of drug-likeness (QED) is 0.892. The average molecular weight is 337 g/mol. The van der Waals surface area contributed by atoms with Crippen LogP contribution in [-0.2, 0) is 16.6 Å². The topological polar surface area (TPSA) is 82.5 Å². The molecule has 2 heterocycles. The zero-order valence-electron chi connectivity index (χ0n) is 12.8. The summed E-state index contributed by atoms with van der Waals surface area (Å²) in [6, 6.07) is 6.16. The molecule has 1 aliphatic heterocycles. The molecule has 0 bridgehead atoms. The minimum atomic E-state index is -3.63. The smallest absolute Gasteiger partial charge is 0.241 e. The van der Waals surface area contributed by atoms with Crippen molar-refractivity contribution in [1.82, 2.24) is 14.5 Å². The van der Waals surface area contributed by atoms with Gasteiger partial charge in [0.2, 0.25) is 10.0 Å². The minimum absolute atomic E-state index is 0.161. The van der Waals surface area contributed by atoms with Crippen LogP contribution in [0, 0.1) is 0 Å². The fourth-order valence-electron chi connectivity index (χ4n) is 2.37. The lowest BCUT2D eigenvalue weighted by Crippen LogP contribution is -2.35. The highest BCUT2D eigenvalue weighted by molar-refractivity contribution is 7.89. The van der Waals surface area contributed by atoms with E-state index in [0.29, 0.717) is 31.3 Å². The van der Waals surface area contributed by atoms with Gasteiger partial charge in [0.25, 0.3) is 0 Å². The molecule has 23 heavy (non-hydrogen) atoms. The summed E-state index contributed by atoms with van der Waals surface area (Å²) in [4.78, 5) is 0.161. The number of nitrogens with one attached hydrogen (secondary N) is 1. The Balaban J connectivity index is 1.75. The number of ether oxygens (including phenoxy) is 2. The molecule has 0 spiro atoms. The van der Waals surface area contributed by atoms with Crippen molar-refractivity contribution in [1.29, 1.82) is 0 Å². The predicted octanol–water partition coefficient (Wildman–Crippen LogP) is 1.41. The molecule has 0 saturated carbocycles. The number of rotatable bonds is 5. The summed E-state index contributed by atoms with van der Waals surface area (Å²) in [5.74, 6) is 1.04. The zero-order valence-corrected chi connectivity index (χ0v) is 13.6. The summed E-state index contributed by atoms with van der Waals surface area (Å²) in [5, 5.41) is 4.07. The number of benzene rings is 1. The Morgan fingerprint density at radius 2 is 2.09 bits per heavy atom. The maximum Gasteiger partial charge on any atom is 0.241 e. The highest BCUT2D eigenvalue weighted by Gasteiger charge is 2.21. The molecule has 0 saturated heterocycles. The van der Waals surface area contributed by atoms with Crippen LogP contribution in [0.25, 0.3) is 0 Å². The molecule has 0 fully saturated rings. The normalized spacial score (nSPS) is 15.9. The molecule has 1 aromatic carbocycles. The Morgan fingerprint density at radius 1 is 1.30 bits per heavy atom. The Hall–Kier alpha value is -2.06. The van der Waals surface area contributed by atoms with Gasteiger partial charge >= 0.3 is 0 Å². The van der Waals surface area contributed by atoms with Gasteiger partial charge in [0, 0.05) is 30.9 Å². The molecule has 1 atom stereocenters. The maximum absolute atomic E-state index is 12.5. The molecule has 2 aromatic rings. The molecule has 0 aliphatic carbocycles. The van der Waals surface area contributed by atoms with E-state index in [1.54, 1.807) is 36.1 Å². The van der Waals surface area contributed by atoms with E-state index in [0.717, 1.165) is 6.42 Å². The van der Waals surface area contributed by atoms with Gasteiger partial charge < -0.3 is 9.47 Å². The zero-order chi connectivity index (χ0) is 16.3. The first kappa shape index (κ1) is 15.8. The van der Waals surface area contributed by atoms with Gasteiger partial charge in [-0.15, -0.1) is 0 Å². The van der Waals surface area contributed by atoms with Gasteiger partial charge in [-0.3, -0.25) is 4.68 Å². The third-order valence-corrected chi connectivity index (χ3v) is 4.99. The van der Waals surface area contributed by atoms with Gasteiger partial charge in [-0.25, -0.2) is 13.1 Å². The number of nitrogens with zero attached hydrogens (tertiary/aromatic N) is 2. The van der Waals surface area contributed by atoms with E-state index in [1.165, 1.54) is 12.1 Å². The third kappa shape index (κ3) is 3.83. The van der Waals surface area contributed by atoms with Gasteiger partial charge in [-0.2, -0.15) is 5.10 Å². The summed E-state index contributed by atoms with van der Waals surface area (Å²) >= 11 is 0. The Morgan fingerprint density at radius 3 is 2.83 bits per heavy atom. The molecule has 0 radical (unpaired) electrons. The number of hydrogen-bond donors (Lipinski definition) is 1. The third-order valence-electron chi connectivity index (χ3n) is 3.41. The van der Waals surface area contributed by atoms with Crippen LogP contribution in [0.15, 0.2) is 41.6 Å². The lowest BCUT2D eigenvalue weighted by atomic mass is 10.3. The molecule has 1 aromatic heterocycles.